The number of thioether (sulfide) groups is 1. The largest absolute Gasteiger partial charge is 0.372 e. The number of nitrogens with zero attached hydrogens (tertiary/aromatic N) is 3. The second-order valence-corrected chi connectivity index (χ2v) is 6.87. The van der Waals surface area contributed by atoms with Gasteiger partial charge in [0.15, 0.2) is 5.82 Å². The topological polar surface area (TPSA) is 75.2 Å². The van der Waals surface area contributed by atoms with Gasteiger partial charge in [-0.2, -0.15) is 0 Å². The highest BCUT2D eigenvalue weighted by molar-refractivity contribution is 8.14. The maximum Gasteiger partial charge on any atom is 0.289 e. The molecule has 0 bridgehead atoms. The van der Waals surface area contributed by atoms with Crippen molar-refractivity contribution in [2.24, 2.45) is 0 Å². The van der Waals surface area contributed by atoms with Crippen molar-refractivity contribution in [1.29, 1.82) is 0 Å². The van der Waals surface area contributed by atoms with Gasteiger partial charge in [0.25, 0.3) is 5.24 Å². The van der Waals surface area contributed by atoms with Crippen molar-refractivity contribution in [3.8, 4) is 0 Å². The number of anilines is 1. The van der Waals surface area contributed by atoms with Gasteiger partial charge in [0.2, 0.25) is 5.91 Å². The van der Waals surface area contributed by atoms with Crippen molar-refractivity contribution in [2.45, 2.75) is 20.4 Å². The van der Waals surface area contributed by atoms with Crippen LogP contribution in [-0.2, 0) is 11.3 Å². The second kappa shape index (κ2) is 5.27. The number of aryl methyl sites for hydroxylation is 2. The number of aromatic nitrogens is 2. The maximum absolute atomic E-state index is 11.7. The molecule has 21 heavy (non-hydrogen) atoms. The summed E-state index contributed by atoms with van der Waals surface area (Å²) in [5.41, 5.74) is 1.16. The molecule has 0 aromatic carbocycles. The number of fused-ring (bicyclic) bond motifs is 1. The van der Waals surface area contributed by atoms with E-state index in [1.807, 2.05) is 13.8 Å². The summed E-state index contributed by atoms with van der Waals surface area (Å²) in [6, 6.07) is 0. The van der Waals surface area contributed by atoms with Crippen LogP contribution in [0.4, 0.5) is 10.6 Å². The summed E-state index contributed by atoms with van der Waals surface area (Å²) in [7, 11) is 1.81. The molecule has 1 saturated heterocycles. The van der Waals surface area contributed by atoms with Gasteiger partial charge in [-0.3, -0.25) is 14.5 Å². The summed E-state index contributed by atoms with van der Waals surface area (Å²) in [6.45, 7) is 4.22. The second-order valence-electron chi connectivity index (χ2n) is 4.74. The lowest BCUT2D eigenvalue weighted by Crippen LogP contribution is -2.28. The molecule has 3 heterocycles. The van der Waals surface area contributed by atoms with Crippen LogP contribution in [0.5, 0.6) is 0 Å². The first-order valence-corrected chi connectivity index (χ1v) is 8.23. The monoisotopic (exact) mass is 322 g/mol. The van der Waals surface area contributed by atoms with Crippen LogP contribution in [0.15, 0.2) is 0 Å². The Bertz CT molecular complexity index is 740. The average molecular weight is 322 g/mol. The van der Waals surface area contributed by atoms with Crippen LogP contribution in [0, 0.1) is 13.8 Å². The Morgan fingerprint density at radius 3 is 2.67 bits per heavy atom. The van der Waals surface area contributed by atoms with E-state index in [4.69, 9.17) is 0 Å². The minimum Gasteiger partial charge on any atom is -0.372 e. The highest BCUT2D eigenvalue weighted by Crippen LogP contribution is 2.33. The molecule has 3 rings (SSSR count). The fourth-order valence-corrected chi connectivity index (χ4v) is 3.99. The van der Waals surface area contributed by atoms with Crippen molar-refractivity contribution >= 4 is 50.3 Å². The third-order valence-electron chi connectivity index (χ3n) is 3.45. The Hall–Kier alpha value is -1.67. The van der Waals surface area contributed by atoms with E-state index >= 15 is 0 Å². The predicted molar refractivity (Wildman–Crippen MR) is 84.8 cm³/mol. The number of nitrogens with one attached hydrogen (secondary N) is 1. The molecule has 6 nitrogen and oxygen atoms in total. The predicted octanol–water partition coefficient (Wildman–Crippen LogP) is 2.55. The molecule has 0 unspecified atom stereocenters. The molecule has 1 aliphatic rings. The molecule has 0 spiro atoms. The first kappa shape index (κ1) is 14.3. The standard InChI is InChI=1S/C13H14N4O2S2/c1-6-7(2)21-12-10(6)11(14-3)15-8(16-12)4-17-9(18)5-20-13(17)19/h4-5H2,1-3H3,(H,14,15,16). The number of rotatable bonds is 3. The van der Waals surface area contributed by atoms with Gasteiger partial charge in [0.05, 0.1) is 17.7 Å². The molecule has 0 aliphatic carbocycles. The summed E-state index contributed by atoms with van der Waals surface area (Å²) >= 11 is 2.62. The van der Waals surface area contributed by atoms with E-state index < -0.39 is 0 Å². The number of hydrogen-bond donors (Lipinski definition) is 1. The number of imide groups is 1. The van der Waals surface area contributed by atoms with Crippen molar-refractivity contribution in [2.75, 3.05) is 18.1 Å². The molecule has 1 N–H and O–H groups in total. The van der Waals surface area contributed by atoms with E-state index in [2.05, 4.69) is 15.3 Å². The number of amides is 2. The van der Waals surface area contributed by atoms with Gasteiger partial charge < -0.3 is 5.32 Å². The molecule has 0 atom stereocenters. The quantitative estimate of drug-likeness (QED) is 0.936. The van der Waals surface area contributed by atoms with E-state index in [0.717, 1.165) is 33.4 Å². The zero-order chi connectivity index (χ0) is 15.1. The zero-order valence-corrected chi connectivity index (χ0v) is 13.5. The minimum absolute atomic E-state index is 0.130. The van der Waals surface area contributed by atoms with E-state index in [1.54, 1.807) is 18.4 Å². The number of carbonyl (C=O) groups excluding carboxylic acids is 2. The Morgan fingerprint density at radius 1 is 1.29 bits per heavy atom. The smallest absolute Gasteiger partial charge is 0.289 e. The lowest BCUT2D eigenvalue weighted by atomic mass is 10.2. The molecular weight excluding hydrogens is 308 g/mol. The first-order chi connectivity index (χ1) is 10.0. The van der Waals surface area contributed by atoms with Crippen molar-refractivity contribution in [1.82, 2.24) is 14.9 Å². The van der Waals surface area contributed by atoms with Crippen molar-refractivity contribution < 1.29 is 9.59 Å². The third-order valence-corrected chi connectivity index (χ3v) is 5.41. The van der Waals surface area contributed by atoms with Crippen molar-refractivity contribution in [3.63, 3.8) is 0 Å². The molecule has 1 fully saturated rings. The molecule has 110 valence electrons. The van der Waals surface area contributed by atoms with Gasteiger partial charge in [-0.15, -0.1) is 11.3 Å². The summed E-state index contributed by atoms with van der Waals surface area (Å²) in [4.78, 5) is 35.6. The highest BCUT2D eigenvalue weighted by Gasteiger charge is 2.31. The SMILES string of the molecule is CNc1nc(CN2C(=O)CSC2=O)nc2sc(C)c(C)c12. The van der Waals surface area contributed by atoms with Gasteiger partial charge in [-0.05, 0) is 19.4 Å². The summed E-state index contributed by atoms with van der Waals surface area (Å²) < 4.78 is 0. The zero-order valence-electron chi connectivity index (χ0n) is 11.9. The lowest BCUT2D eigenvalue weighted by molar-refractivity contribution is -0.125. The van der Waals surface area contributed by atoms with Gasteiger partial charge in [-0.1, -0.05) is 11.8 Å². The van der Waals surface area contributed by atoms with Gasteiger partial charge in [-0.25, -0.2) is 9.97 Å². The molecule has 2 amide bonds. The van der Waals surface area contributed by atoms with Crippen LogP contribution >= 0.6 is 23.1 Å². The third kappa shape index (κ3) is 2.38. The molecule has 1 aliphatic heterocycles. The fraction of sp³-hybridized carbons (Fsp3) is 0.385. The molecular formula is C13H14N4O2S2. The Balaban J connectivity index is 2.04. The van der Waals surface area contributed by atoms with Gasteiger partial charge in [0, 0.05) is 11.9 Å². The van der Waals surface area contributed by atoms with E-state index in [0.29, 0.717) is 5.82 Å². The number of thiophene rings is 1. The molecule has 0 saturated carbocycles. The average Bonchev–Trinajstić information content (AvgIpc) is 2.92. The van der Waals surface area contributed by atoms with Crippen LogP contribution in [0.25, 0.3) is 10.2 Å². The maximum atomic E-state index is 11.7. The van der Waals surface area contributed by atoms with E-state index in [9.17, 15) is 9.59 Å². The van der Waals surface area contributed by atoms with Crippen LogP contribution in [-0.4, -0.2) is 38.8 Å². The fourth-order valence-electron chi connectivity index (χ4n) is 2.22. The summed E-state index contributed by atoms with van der Waals surface area (Å²) in [5.74, 6) is 1.25. The highest BCUT2D eigenvalue weighted by atomic mass is 32.2. The van der Waals surface area contributed by atoms with Crippen LogP contribution in [0.3, 0.4) is 0 Å². The molecule has 8 heteroatoms. The van der Waals surface area contributed by atoms with Gasteiger partial charge >= 0.3 is 0 Å². The number of hydrogen-bond acceptors (Lipinski definition) is 7. The number of carbonyl (C=O) groups is 2. The minimum atomic E-state index is -0.228. The van der Waals surface area contributed by atoms with E-state index in [1.165, 1.54) is 9.78 Å². The van der Waals surface area contributed by atoms with Crippen LogP contribution in [0.1, 0.15) is 16.3 Å². The van der Waals surface area contributed by atoms with Gasteiger partial charge in [0.1, 0.15) is 10.6 Å². The Morgan fingerprint density at radius 2 is 2.05 bits per heavy atom. The Labute approximate surface area is 129 Å². The normalized spacial score (nSPS) is 15.3. The first-order valence-electron chi connectivity index (χ1n) is 6.42. The molecule has 2 aromatic rings. The summed E-state index contributed by atoms with van der Waals surface area (Å²) in [5, 5.41) is 3.86. The Kier molecular flexibility index (Phi) is 3.58. The van der Waals surface area contributed by atoms with Crippen LogP contribution in [0.2, 0.25) is 0 Å². The van der Waals surface area contributed by atoms with Crippen molar-refractivity contribution in [3.05, 3.63) is 16.3 Å². The lowest BCUT2D eigenvalue weighted by Gasteiger charge is -2.12. The van der Waals surface area contributed by atoms with Crippen LogP contribution < -0.4 is 5.32 Å². The molecule has 2 aromatic heterocycles. The summed E-state index contributed by atoms with van der Waals surface area (Å²) in [6.07, 6.45) is 0. The molecule has 0 radical (unpaired) electrons. The van der Waals surface area contributed by atoms with E-state index in [-0.39, 0.29) is 23.4 Å².